The number of nitrogens with one attached hydrogen (secondary N) is 1. The van der Waals surface area contributed by atoms with Gasteiger partial charge in [-0.2, -0.15) is 0 Å². The molecule has 3 heterocycles. The zero-order chi connectivity index (χ0) is 18.6. The molecule has 0 atom stereocenters. The van der Waals surface area contributed by atoms with Crippen molar-refractivity contribution in [3.8, 4) is 5.75 Å². The predicted octanol–water partition coefficient (Wildman–Crippen LogP) is 2.95. The van der Waals surface area contributed by atoms with Gasteiger partial charge in [-0.15, -0.1) is 0 Å². The second-order valence-electron chi connectivity index (χ2n) is 6.65. The Bertz CT molecular complexity index is 956. The number of hydrogen-bond donors (Lipinski definition) is 1. The molecule has 138 valence electrons. The summed E-state index contributed by atoms with van der Waals surface area (Å²) in [6, 6.07) is 13.9. The van der Waals surface area contributed by atoms with Crippen LogP contribution in [-0.4, -0.2) is 41.1 Å². The molecule has 2 aromatic heterocycles. The van der Waals surface area contributed by atoms with E-state index in [9.17, 15) is 4.79 Å². The molecular formula is C21H22N4O2. The number of carbonyl (C=O) groups is 1. The molecular weight excluding hydrogens is 340 g/mol. The molecule has 0 fully saturated rings. The zero-order valence-corrected chi connectivity index (χ0v) is 15.3. The molecule has 0 spiro atoms. The lowest BCUT2D eigenvalue weighted by Crippen LogP contribution is -2.43. The Morgan fingerprint density at radius 2 is 2.11 bits per heavy atom. The minimum absolute atomic E-state index is 0.0274. The van der Waals surface area contributed by atoms with Crippen molar-refractivity contribution in [1.82, 2.24) is 20.2 Å². The van der Waals surface area contributed by atoms with Gasteiger partial charge in [-0.05, 0) is 47.9 Å². The third-order valence-electron chi connectivity index (χ3n) is 4.87. The Labute approximate surface area is 158 Å². The summed E-state index contributed by atoms with van der Waals surface area (Å²) >= 11 is 0. The van der Waals surface area contributed by atoms with Gasteiger partial charge in [0, 0.05) is 43.3 Å². The predicted molar refractivity (Wildman–Crippen MR) is 104 cm³/mol. The molecule has 2 amide bonds. The number of methoxy groups -OCH3 is 1. The van der Waals surface area contributed by atoms with Crippen LogP contribution in [0.4, 0.5) is 4.79 Å². The van der Waals surface area contributed by atoms with Gasteiger partial charge in [0.2, 0.25) is 0 Å². The van der Waals surface area contributed by atoms with Crippen molar-refractivity contribution < 1.29 is 9.53 Å². The third-order valence-corrected chi connectivity index (χ3v) is 4.87. The Kier molecular flexibility index (Phi) is 4.87. The van der Waals surface area contributed by atoms with E-state index in [-0.39, 0.29) is 6.03 Å². The molecule has 0 saturated heterocycles. The number of fused-ring (bicyclic) bond motifs is 2. The largest absolute Gasteiger partial charge is 0.497 e. The first-order chi connectivity index (χ1) is 13.2. The summed E-state index contributed by atoms with van der Waals surface area (Å²) in [4.78, 5) is 23.3. The fraction of sp³-hybridized carbons (Fsp3) is 0.286. The second kappa shape index (κ2) is 7.61. The molecule has 1 aromatic carbocycles. The molecule has 0 saturated carbocycles. The van der Waals surface area contributed by atoms with Gasteiger partial charge in [-0.3, -0.25) is 0 Å². The van der Waals surface area contributed by atoms with Crippen LogP contribution in [0.3, 0.4) is 0 Å². The van der Waals surface area contributed by atoms with E-state index in [0.29, 0.717) is 19.6 Å². The number of amides is 2. The van der Waals surface area contributed by atoms with Gasteiger partial charge >= 0.3 is 6.03 Å². The van der Waals surface area contributed by atoms with E-state index in [1.807, 2.05) is 41.3 Å². The van der Waals surface area contributed by atoms with Crippen LogP contribution in [0.5, 0.6) is 5.75 Å². The fourth-order valence-corrected chi connectivity index (χ4v) is 3.36. The van der Waals surface area contributed by atoms with Gasteiger partial charge in [-0.1, -0.05) is 12.1 Å². The smallest absolute Gasteiger partial charge is 0.317 e. The molecule has 1 N–H and O–H groups in total. The SMILES string of the molecule is COc1ccc(CCNC(=O)N2CCc3nc4ncccc4cc3C2)cc1. The molecule has 0 unspecified atom stereocenters. The number of pyridine rings is 2. The van der Waals surface area contributed by atoms with Crippen molar-refractivity contribution in [3.63, 3.8) is 0 Å². The number of hydrogen-bond acceptors (Lipinski definition) is 4. The Morgan fingerprint density at radius 3 is 2.93 bits per heavy atom. The first kappa shape index (κ1) is 17.3. The maximum absolute atomic E-state index is 12.5. The van der Waals surface area contributed by atoms with E-state index >= 15 is 0 Å². The lowest BCUT2D eigenvalue weighted by Gasteiger charge is -2.28. The van der Waals surface area contributed by atoms with Crippen LogP contribution < -0.4 is 10.1 Å². The molecule has 1 aliphatic heterocycles. The first-order valence-corrected chi connectivity index (χ1v) is 9.12. The highest BCUT2D eigenvalue weighted by molar-refractivity contribution is 5.77. The average molecular weight is 362 g/mol. The standard InChI is InChI=1S/C21H22N4O2/c1-27-18-6-4-15(5-7-18)8-11-23-21(26)25-12-9-19-17(14-25)13-16-3-2-10-22-20(16)24-19/h2-7,10,13H,8-9,11-12,14H2,1H3,(H,23,26). The monoisotopic (exact) mass is 362 g/mol. The molecule has 27 heavy (non-hydrogen) atoms. The van der Waals surface area contributed by atoms with Gasteiger partial charge in [0.05, 0.1) is 7.11 Å². The number of aromatic nitrogens is 2. The van der Waals surface area contributed by atoms with Crippen molar-refractivity contribution in [2.45, 2.75) is 19.4 Å². The normalized spacial score (nSPS) is 13.3. The molecule has 0 radical (unpaired) electrons. The zero-order valence-electron chi connectivity index (χ0n) is 15.3. The van der Waals surface area contributed by atoms with E-state index in [1.54, 1.807) is 13.3 Å². The highest BCUT2D eigenvalue weighted by atomic mass is 16.5. The number of benzene rings is 1. The number of urea groups is 1. The summed E-state index contributed by atoms with van der Waals surface area (Å²) in [6.07, 6.45) is 3.30. The van der Waals surface area contributed by atoms with Gasteiger partial charge < -0.3 is 15.0 Å². The van der Waals surface area contributed by atoms with Crippen molar-refractivity contribution in [1.29, 1.82) is 0 Å². The molecule has 0 aliphatic carbocycles. The fourth-order valence-electron chi connectivity index (χ4n) is 3.36. The molecule has 0 bridgehead atoms. The van der Waals surface area contributed by atoms with E-state index in [4.69, 9.17) is 4.74 Å². The summed E-state index contributed by atoms with van der Waals surface area (Å²) in [5.41, 5.74) is 4.09. The number of carbonyl (C=O) groups excluding carboxylic acids is 1. The third kappa shape index (κ3) is 3.84. The summed E-state index contributed by atoms with van der Waals surface area (Å²) < 4.78 is 5.16. The van der Waals surface area contributed by atoms with Crippen LogP contribution in [-0.2, 0) is 19.4 Å². The highest BCUT2D eigenvalue weighted by Gasteiger charge is 2.22. The van der Waals surface area contributed by atoms with Crippen molar-refractivity contribution >= 4 is 17.1 Å². The Balaban J connectivity index is 1.35. The van der Waals surface area contributed by atoms with Crippen molar-refractivity contribution in [2.24, 2.45) is 0 Å². The molecule has 1 aliphatic rings. The lowest BCUT2D eigenvalue weighted by atomic mass is 10.0. The van der Waals surface area contributed by atoms with Crippen molar-refractivity contribution in [3.05, 3.63) is 65.5 Å². The summed E-state index contributed by atoms with van der Waals surface area (Å²) in [5.74, 6) is 0.839. The lowest BCUT2D eigenvalue weighted by molar-refractivity contribution is 0.192. The summed E-state index contributed by atoms with van der Waals surface area (Å²) in [5, 5.41) is 4.03. The quantitative estimate of drug-likeness (QED) is 0.775. The summed E-state index contributed by atoms with van der Waals surface area (Å²) in [7, 11) is 1.65. The number of nitrogens with zero attached hydrogens (tertiary/aromatic N) is 3. The molecule has 6 nitrogen and oxygen atoms in total. The van der Waals surface area contributed by atoms with Crippen molar-refractivity contribution in [2.75, 3.05) is 20.2 Å². The van der Waals surface area contributed by atoms with Crippen LogP contribution in [0.15, 0.2) is 48.7 Å². The topological polar surface area (TPSA) is 67.3 Å². The Morgan fingerprint density at radius 1 is 1.26 bits per heavy atom. The van der Waals surface area contributed by atoms with E-state index in [2.05, 4.69) is 21.4 Å². The van der Waals surface area contributed by atoms with E-state index < -0.39 is 0 Å². The van der Waals surface area contributed by atoms with E-state index in [1.165, 1.54) is 5.56 Å². The second-order valence-corrected chi connectivity index (χ2v) is 6.65. The Hall–Kier alpha value is -3.15. The average Bonchev–Trinajstić information content (AvgIpc) is 2.72. The summed E-state index contributed by atoms with van der Waals surface area (Å²) in [6.45, 7) is 1.86. The number of rotatable bonds is 4. The van der Waals surface area contributed by atoms with Crippen LogP contribution in [0, 0.1) is 0 Å². The van der Waals surface area contributed by atoms with Crippen LogP contribution >= 0.6 is 0 Å². The minimum Gasteiger partial charge on any atom is -0.497 e. The maximum Gasteiger partial charge on any atom is 0.317 e. The van der Waals surface area contributed by atoms with Crippen LogP contribution in [0.1, 0.15) is 16.8 Å². The minimum atomic E-state index is -0.0274. The molecule has 4 rings (SSSR count). The van der Waals surface area contributed by atoms with E-state index in [0.717, 1.165) is 40.9 Å². The highest BCUT2D eigenvalue weighted by Crippen LogP contribution is 2.21. The van der Waals surface area contributed by atoms with Crippen LogP contribution in [0.2, 0.25) is 0 Å². The van der Waals surface area contributed by atoms with Gasteiger partial charge in [0.25, 0.3) is 0 Å². The molecule has 6 heteroatoms. The first-order valence-electron chi connectivity index (χ1n) is 9.12. The number of ether oxygens (including phenoxy) is 1. The van der Waals surface area contributed by atoms with Gasteiger partial charge in [0.15, 0.2) is 5.65 Å². The van der Waals surface area contributed by atoms with Gasteiger partial charge in [0.1, 0.15) is 5.75 Å². The van der Waals surface area contributed by atoms with Gasteiger partial charge in [-0.25, -0.2) is 14.8 Å². The maximum atomic E-state index is 12.5. The van der Waals surface area contributed by atoms with Crippen LogP contribution in [0.25, 0.3) is 11.0 Å². The molecule has 3 aromatic rings.